The number of anilines is 1. The normalized spacial score (nSPS) is 19.1. The molecule has 1 fully saturated rings. The van der Waals surface area contributed by atoms with Gasteiger partial charge >= 0.3 is 6.03 Å². The van der Waals surface area contributed by atoms with Gasteiger partial charge in [0.2, 0.25) is 5.95 Å². The van der Waals surface area contributed by atoms with Crippen LogP contribution in [-0.4, -0.2) is 62.3 Å². The summed E-state index contributed by atoms with van der Waals surface area (Å²) in [5, 5.41) is 6.92. The molecule has 0 bridgehead atoms. The van der Waals surface area contributed by atoms with Crippen LogP contribution in [0, 0.1) is 6.92 Å². The predicted octanol–water partition coefficient (Wildman–Crippen LogP) is 1.07. The third-order valence-electron chi connectivity index (χ3n) is 3.94. The van der Waals surface area contributed by atoms with Crippen LogP contribution in [0.25, 0.3) is 0 Å². The average Bonchev–Trinajstić information content (AvgIpc) is 2.67. The first-order chi connectivity index (χ1) is 9.33. The van der Waals surface area contributed by atoms with Crippen molar-refractivity contribution in [3.8, 4) is 0 Å². The maximum Gasteiger partial charge on any atom is 0.324 e. The summed E-state index contributed by atoms with van der Waals surface area (Å²) in [6.45, 7) is 11.7. The van der Waals surface area contributed by atoms with Crippen LogP contribution >= 0.6 is 0 Å². The number of likely N-dealkylation sites (N-methyl/N-ethyl adjacent to an activating group) is 1. The van der Waals surface area contributed by atoms with Crippen molar-refractivity contribution in [3.05, 3.63) is 5.82 Å². The number of piperazine rings is 1. The molecule has 0 radical (unpaired) electrons. The van der Waals surface area contributed by atoms with Crippen molar-refractivity contribution in [3.63, 3.8) is 0 Å². The fourth-order valence-corrected chi connectivity index (χ4v) is 2.64. The summed E-state index contributed by atoms with van der Waals surface area (Å²) in [7, 11) is 1.81. The molecule has 0 spiro atoms. The molecule has 1 saturated heterocycles. The minimum atomic E-state index is -0.126. The van der Waals surface area contributed by atoms with Crippen LogP contribution in [0.3, 0.4) is 0 Å². The Balaban J connectivity index is 2.00. The summed E-state index contributed by atoms with van der Waals surface area (Å²) in [4.78, 5) is 20.7. The van der Waals surface area contributed by atoms with Gasteiger partial charge in [-0.3, -0.25) is 14.9 Å². The molecule has 2 rings (SSSR count). The third-order valence-corrected chi connectivity index (χ3v) is 3.94. The van der Waals surface area contributed by atoms with Gasteiger partial charge in [-0.15, -0.1) is 5.10 Å². The van der Waals surface area contributed by atoms with Crippen molar-refractivity contribution in [2.75, 3.05) is 31.5 Å². The molecule has 0 saturated carbocycles. The van der Waals surface area contributed by atoms with E-state index in [-0.39, 0.29) is 11.6 Å². The molecule has 1 aromatic heterocycles. The molecule has 0 unspecified atom stereocenters. The summed E-state index contributed by atoms with van der Waals surface area (Å²) in [6, 6.07) is -0.126. The molecular weight excluding hydrogens is 256 g/mol. The van der Waals surface area contributed by atoms with E-state index >= 15 is 0 Å². The predicted molar refractivity (Wildman–Crippen MR) is 77.7 cm³/mol. The van der Waals surface area contributed by atoms with Gasteiger partial charge in [0, 0.05) is 32.2 Å². The maximum atomic E-state index is 12.3. The highest BCUT2D eigenvalue weighted by molar-refractivity contribution is 5.87. The van der Waals surface area contributed by atoms with Gasteiger partial charge in [-0.1, -0.05) is 6.92 Å². The zero-order valence-corrected chi connectivity index (χ0v) is 13.0. The van der Waals surface area contributed by atoms with Crippen LogP contribution in [0.4, 0.5) is 10.7 Å². The van der Waals surface area contributed by atoms with Gasteiger partial charge in [0.25, 0.3) is 0 Å². The van der Waals surface area contributed by atoms with Gasteiger partial charge in [0.05, 0.1) is 0 Å². The summed E-state index contributed by atoms with van der Waals surface area (Å²) in [6.07, 6.45) is 0. The summed E-state index contributed by atoms with van der Waals surface area (Å²) < 4.78 is 1.65. The second kappa shape index (κ2) is 5.40. The van der Waals surface area contributed by atoms with E-state index in [1.807, 2.05) is 11.8 Å². The number of carbonyl (C=O) groups is 1. The Morgan fingerprint density at radius 1 is 1.40 bits per heavy atom. The highest BCUT2D eigenvalue weighted by Crippen LogP contribution is 2.20. The molecule has 1 aliphatic rings. The number of hydrogen-bond acceptors (Lipinski definition) is 4. The van der Waals surface area contributed by atoms with Crippen molar-refractivity contribution >= 4 is 12.0 Å². The maximum absolute atomic E-state index is 12.3. The van der Waals surface area contributed by atoms with Crippen molar-refractivity contribution in [1.29, 1.82) is 0 Å². The van der Waals surface area contributed by atoms with E-state index in [1.54, 1.807) is 11.7 Å². The number of hydrogen-bond donors (Lipinski definition) is 1. The number of nitrogens with one attached hydrogen (secondary N) is 1. The zero-order chi connectivity index (χ0) is 14.9. The van der Waals surface area contributed by atoms with Gasteiger partial charge < -0.3 is 4.90 Å². The number of nitrogens with zero attached hydrogens (tertiary/aromatic N) is 5. The topological polar surface area (TPSA) is 66.3 Å². The van der Waals surface area contributed by atoms with Crippen LogP contribution in [0.2, 0.25) is 0 Å². The molecule has 0 atom stereocenters. The lowest BCUT2D eigenvalue weighted by molar-refractivity contribution is 0.0433. The molecule has 20 heavy (non-hydrogen) atoms. The third kappa shape index (κ3) is 2.92. The smallest absolute Gasteiger partial charge is 0.321 e. The minimum absolute atomic E-state index is 0.00218. The molecule has 7 nitrogen and oxygen atoms in total. The Kier molecular flexibility index (Phi) is 3.99. The number of aromatic nitrogens is 3. The van der Waals surface area contributed by atoms with Crippen LogP contribution < -0.4 is 5.32 Å². The fourth-order valence-electron chi connectivity index (χ4n) is 2.64. The summed E-state index contributed by atoms with van der Waals surface area (Å²) >= 11 is 0. The first-order valence-corrected chi connectivity index (χ1v) is 7.02. The first kappa shape index (κ1) is 14.8. The van der Waals surface area contributed by atoms with E-state index in [0.717, 1.165) is 25.5 Å². The Bertz CT molecular complexity index is 476. The van der Waals surface area contributed by atoms with Crippen molar-refractivity contribution < 1.29 is 4.79 Å². The summed E-state index contributed by atoms with van der Waals surface area (Å²) in [5.41, 5.74) is -0.00218. The van der Waals surface area contributed by atoms with Crippen molar-refractivity contribution in [2.24, 2.45) is 7.05 Å². The molecule has 0 aromatic carbocycles. The van der Waals surface area contributed by atoms with Crippen LogP contribution in [-0.2, 0) is 7.05 Å². The first-order valence-electron chi connectivity index (χ1n) is 7.02. The van der Waals surface area contributed by atoms with Crippen LogP contribution in [0.5, 0.6) is 0 Å². The van der Waals surface area contributed by atoms with Gasteiger partial charge in [-0.2, -0.15) is 4.98 Å². The molecule has 7 heteroatoms. The quantitative estimate of drug-likeness (QED) is 0.880. The summed E-state index contributed by atoms with van der Waals surface area (Å²) in [5.74, 6) is 1.14. The van der Waals surface area contributed by atoms with Gasteiger partial charge in [0.15, 0.2) is 0 Å². The van der Waals surface area contributed by atoms with Crippen molar-refractivity contribution in [1.82, 2.24) is 24.6 Å². The minimum Gasteiger partial charge on any atom is -0.321 e. The number of carbonyl (C=O) groups excluding carboxylic acids is 1. The van der Waals surface area contributed by atoms with E-state index < -0.39 is 0 Å². The van der Waals surface area contributed by atoms with E-state index in [9.17, 15) is 4.79 Å². The van der Waals surface area contributed by atoms with E-state index in [1.165, 1.54) is 0 Å². The lowest BCUT2D eigenvalue weighted by Gasteiger charge is -2.46. The monoisotopic (exact) mass is 280 g/mol. The fraction of sp³-hybridized carbons (Fsp3) is 0.769. The van der Waals surface area contributed by atoms with Crippen molar-refractivity contribution in [2.45, 2.75) is 33.2 Å². The van der Waals surface area contributed by atoms with Gasteiger partial charge in [0.1, 0.15) is 5.82 Å². The van der Waals surface area contributed by atoms with Gasteiger partial charge in [-0.05, 0) is 27.3 Å². The molecule has 112 valence electrons. The number of rotatable bonds is 2. The highest BCUT2D eigenvalue weighted by Gasteiger charge is 2.34. The van der Waals surface area contributed by atoms with E-state index in [2.05, 4.69) is 41.1 Å². The SMILES string of the molecule is CCN1CCN(C(=O)Nc2nc(C)n(C)n2)CC1(C)C. The second-order valence-corrected chi connectivity index (χ2v) is 5.85. The number of urea groups is 1. The lowest BCUT2D eigenvalue weighted by atomic mass is 9.99. The lowest BCUT2D eigenvalue weighted by Crippen LogP contribution is -2.60. The Morgan fingerprint density at radius 3 is 2.60 bits per heavy atom. The Labute approximate surface area is 119 Å². The van der Waals surface area contributed by atoms with Gasteiger partial charge in [-0.25, -0.2) is 4.79 Å². The molecule has 2 amide bonds. The standard InChI is InChI=1S/C13H24N6O/c1-6-19-8-7-18(9-13(19,3)4)12(20)15-11-14-10(2)17(5)16-11/h6-9H2,1-5H3,(H,15,16,20). The highest BCUT2D eigenvalue weighted by atomic mass is 16.2. The van der Waals surface area contributed by atoms with Crippen LogP contribution in [0.15, 0.2) is 0 Å². The number of aryl methyl sites for hydroxylation is 2. The Hall–Kier alpha value is -1.63. The average molecular weight is 280 g/mol. The zero-order valence-electron chi connectivity index (χ0n) is 13.0. The molecule has 1 N–H and O–H groups in total. The molecule has 1 aromatic rings. The molecule has 2 heterocycles. The molecular formula is C13H24N6O. The largest absolute Gasteiger partial charge is 0.324 e. The Morgan fingerprint density at radius 2 is 2.10 bits per heavy atom. The number of amides is 2. The second-order valence-electron chi connectivity index (χ2n) is 5.85. The van der Waals surface area contributed by atoms with E-state index in [0.29, 0.717) is 12.5 Å². The molecule has 1 aliphatic heterocycles. The molecule has 0 aliphatic carbocycles. The van der Waals surface area contributed by atoms with E-state index in [4.69, 9.17) is 0 Å². The van der Waals surface area contributed by atoms with Crippen LogP contribution in [0.1, 0.15) is 26.6 Å².